The van der Waals surface area contributed by atoms with Crippen LogP contribution in [0.2, 0.25) is 0 Å². The number of methoxy groups -OCH3 is 1. The number of aryl methyl sites for hydroxylation is 1. The number of esters is 2. The van der Waals surface area contributed by atoms with Crippen molar-refractivity contribution >= 4 is 11.9 Å². The summed E-state index contributed by atoms with van der Waals surface area (Å²) in [6.07, 6.45) is 2.03. The largest absolute Gasteiger partial charge is 0.496 e. The third-order valence-corrected chi connectivity index (χ3v) is 4.48. The van der Waals surface area contributed by atoms with Crippen molar-refractivity contribution in [2.24, 2.45) is 5.92 Å². The van der Waals surface area contributed by atoms with E-state index >= 15 is 0 Å². The molecular weight excluding hydrogens is 348 g/mol. The zero-order valence-corrected chi connectivity index (χ0v) is 16.9. The van der Waals surface area contributed by atoms with Crippen molar-refractivity contribution in [1.82, 2.24) is 0 Å². The maximum atomic E-state index is 12.2. The molecule has 1 fully saturated rings. The van der Waals surface area contributed by atoms with Gasteiger partial charge in [-0.2, -0.15) is 0 Å². The van der Waals surface area contributed by atoms with Crippen molar-refractivity contribution in [3.8, 4) is 11.5 Å². The van der Waals surface area contributed by atoms with Gasteiger partial charge in [0.25, 0.3) is 0 Å². The van der Waals surface area contributed by atoms with Gasteiger partial charge in [0.15, 0.2) is 5.60 Å². The van der Waals surface area contributed by atoms with Crippen molar-refractivity contribution in [3.63, 3.8) is 0 Å². The molecule has 1 aromatic rings. The van der Waals surface area contributed by atoms with Gasteiger partial charge in [-0.3, -0.25) is 4.79 Å². The number of hydrogen-bond donors (Lipinski definition) is 0. The summed E-state index contributed by atoms with van der Waals surface area (Å²) in [5.41, 5.74) is 1.16. The molecule has 6 nitrogen and oxygen atoms in total. The third kappa shape index (κ3) is 5.10. The summed E-state index contributed by atoms with van der Waals surface area (Å²) < 4.78 is 22.1. The maximum Gasteiger partial charge on any atom is 0.338 e. The van der Waals surface area contributed by atoms with Gasteiger partial charge in [0, 0.05) is 17.6 Å². The van der Waals surface area contributed by atoms with E-state index in [0.29, 0.717) is 35.7 Å². The van der Waals surface area contributed by atoms with Crippen molar-refractivity contribution in [1.29, 1.82) is 0 Å². The Morgan fingerprint density at radius 1 is 1.30 bits per heavy atom. The molecule has 27 heavy (non-hydrogen) atoms. The second kappa shape index (κ2) is 8.57. The second-order valence-electron chi connectivity index (χ2n) is 7.22. The van der Waals surface area contributed by atoms with Crippen LogP contribution in [-0.4, -0.2) is 32.3 Å². The van der Waals surface area contributed by atoms with E-state index in [0.717, 1.165) is 5.56 Å². The highest BCUT2D eigenvalue weighted by atomic mass is 16.6. The Hall–Kier alpha value is -2.34. The molecule has 0 N–H and O–H groups in total. The normalized spacial score (nSPS) is 19.0. The van der Waals surface area contributed by atoms with E-state index in [9.17, 15) is 9.59 Å². The number of benzene rings is 1. The lowest BCUT2D eigenvalue weighted by atomic mass is 9.97. The Balaban J connectivity index is 2.30. The second-order valence-corrected chi connectivity index (χ2v) is 7.22. The van der Waals surface area contributed by atoms with Crippen LogP contribution in [0.3, 0.4) is 0 Å². The Kier molecular flexibility index (Phi) is 6.65. The molecule has 1 saturated heterocycles. The molecule has 6 heteroatoms. The Morgan fingerprint density at radius 2 is 1.96 bits per heavy atom. The van der Waals surface area contributed by atoms with Crippen molar-refractivity contribution in [3.05, 3.63) is 34.9 Å². The SMILES string of the molecule is CC=C(C)C(=O)Oc1cc(C)c(OC)cc1[C@]1(COC(=O)CC(C)C)CO1. The van der Waals surface area contributed by atoms with Crippen LogP contribution in [0.1, 0.15) is 45.2 Å². The molecule has 1 aromatic carbocycles. The molecule has 148 valence electrons. The van der Waals surface area contributed by atoms with Gasteiger partial charge < -0.3 is 18.9 Å². The van der Waals surface area contributed by atoms with E-state index in [2.05, 4.69) is 0 Å². The predicted octanol–water partition coefficient (Wildman–Crippen LogP) is 3.69. The minimum absolute atomic E-state index is 0.0674. The fourth-order valence-corrected chi connectivity index (χ4v) is 2.61. The van der Waals surface area contributed by atoms with Gasteiger partial charge in [-0.25, -0.2) is 4.79 Å². The van der Waals surface area contributed by atoms with E-state index in [1.807, 2.05) is 20.8 Å². The maximum absolute atomic E-state index is 12.2. The van der Waals surface area contributed by atoms with E-state index in [-0.39, 0.29) is 18.5 Å². The minimum Gasteiger partial charge on any atom is -0.496 e. The lowest BCUT2D eigenvalue weighted by Crippen LogP contribution is -2.23. The molecule has 0 amide bonds. The molecule has 0 bridgehead atoms. The van der Waals surface area contributed by atoms with Gasteiger partial charge >= 0.3 is 11.9 Å². The molecule has 1 aliphatic rings. The van der Waals surface area contributed by atoms with Gasteiger partial charge in [0.2, 0.25) is 0 Å². The lowest BCUT2D eigenvalue weighted by Gasteiger charge is -2.19. The molecule has 0 spiro atoms. The first-order valence-electron chi connectivity index (χ1n) is 9.06. The molecule has 1 heterocycles. The minimum atomic E-state index is -0.812. The van der Waals surface area contributed by atoms with Crippen molar-refractivity contribution < 1.29 is 28.5 Å². The number of carbonyl (C=O) groups excluding carboxylic acids is 2. The first-order valence-corrected chi connectivity index (χ1v) is 9.06. The molecule has 1 aliphatic heterocycles. The van der Waals surface area contributed by atoms with Crippen molar-refractivity contribution in [2.75, 3.05) is 20.3 Å². The highest BCUT2D eigenvalue weighted by molar-refractivity contribution is 5.89. The summed E-state index contributed by atoms with van der Waals surface area (Å²) in [5, 5.41) is 0. The molecule has 0 aliphatic carbocycles. The Bertz CT molecular complexity index is 743. The first kappa shape index (κ1) is 21.0. The number of epoxide rings is 1. The molecule has 0 radical (unpaired) electrons. The number of allylic oxidation sites excluding steroid dienone is 1. The van der Waals surface area contributed by atoms with Crippen LogP contribution in [0, 0.1) is 12.8 Å². The quantitative estimate of drug-likeness (QED) is 0.298. The van der Waals surface area contributed by atoms with Crippen LogP contribution in [0.15, 0.2) is 23.8 Å². The third-order valence-electron chi connectivity index (χ3n) is 4.48. The average Bonchev–Trinajstić information content (AvgIpc) is 3.39. The van der Waals surface area contributed by atoms with Crippen molar-refractivity contribution in [2.45, 2.75) is 46.6 Å². The van der Waals surface area contributed by atoms with Crippen LogP contribution in [0.5, 0.6) is 11.5 Å². The smallest absolute Gasteiger partial charge is 0.338 e. The van der Waals surface area contributed by atoms with Gasteiger partial charge in [-0.1, -0.05) is 19.9 Å². The van der Waals surface area contributed by atoms with Gasteiger partial charge in [-0.05, 0) is 44.4 Å². The summed E-state index contributed by atoms with van der Waals surface area (Å²) >= 11 is 0. The average molecular weight is 376 g/mol. The zero-order valence-electron chi connectivity index (χ0n) is 16.9. The van der Waals surface area contributed by atoms with Gasteiger partial charge in [0.05, 0.1) is 13.7 Å². The van der Waals surface area contributed by atoms with Crippen LogP contribution in [-0.2, 0) is 24.7 Å². The molecular formula is C21H28O6. The van der Waals surface area contributed by atoms with E-state index in [1.165, 1.54) is 0 Å². The van der Waals surface area contributed by atoms with Crippen LogP contribution >= 0.6 is 0 Å². The Labute approximate surface area is 160 Å². The molecule has 2 rings (SSSR count). The molecule has 0 saturated carbocycles. The first-order chi connectivity index (χ1) is 12.7. The summed E-state index contributed by atoms with van der Waals surface area (Å²) in [7, 11) is 1.57. The number of hydrogen-bond acceptors (Lipinski definition) is 6. The lowest BCUT2D eigenvalue weighted by molar-refractivity contribution is -0.146. The summed E-state index contributed by atoms with van der Waals surface area (Å²) in [4.78, 5) is 24.2. The highest BCUT2D eigenvalue weighted by Crippen LogP contribution is 2.46. The van der Waals surface area contributed by atoms with Crippen LogP contribution in [0.25, 0.3) is 0 Å². The summed E-state index contributed by atoms with van der Waals surface area (Å²) in [5.74, 6) is 0.541. The fraction of sp³-hybridized carbons (Fsp3) is 0.524. The van der Waals surface area contributed by atoms with Crippen LogP contribution in [0.4, 0.5) is 0 Å². The van der Waals surface area contributed by atoms with E-state index < -0.39 is 11.6 Å². The predicted molar refractivity (Wildman–Crippen MR) is 101 cm³/mol. The monoisotopic (exact) mass is 376 g/mol. The molecule has 0 unspecified atom stereocenters. The zero-order chi connectivity index (χ0) is 20.2. The summed E-state index contributed by atoms with van der Waals surface area (Å²) in [6, 6.07) is 3.53. The highest BCUT2D eigenvalue weighted by Gasteiger charge is 2.50. The number of ether oxygens (including phenoxy) is 4. The van der Waals surface area contributed by atoms with Gasteiger partial charge in [0.1, 0.15) is 18.1 Å². The standard InChI is InChI=1S/C21H28O6/c1-7-14(4)20(23)27-18-9-15(5)17(24-6)10-16(18)21(12-26-21)11-25-19(22)8-13(2)3/h7,9-10,13H,8,11-12H2,1-6H3/t21-/m0/s1. The Morgan fingerprint density at radius 3 is 2.48 bits per heavy atom. The van der Waals surface area contributed by atoms with Gasteiger partial charge in [-0.15, -0.1) is 0 Å². The van der Waals surface area contributed by atoms with E-state index in [1.54, 1.807) is 39.2 Å². The topological polar surface area (TPSA) is 74.4 Å². The van der Waals surface area contributed by atoms with E-state index in [4.69, 9.17) is 18.9 Å². The molecule has 0 aromatic heterocycles. The summed E-state index contributed by atoms with van der Waals surface area (Å²) in [6.45, 7) is 9.68. The molecule has 1 atom stereocenters. The number of carbonyl (C=O) groups is 2. The fourth-order valence-electron chi connectivity index (χ4n) is 2.61. The van der Waals surface area contributed by atoms with Crippen LogP contribution < -0.4 is 9.47 Å². The number of rotatable bonds is 8.